The molecule has 0 spiro atoms. The van der Waals surface area contributed by atoms with Crippen LogP contribution in [-0.4, -0.2) is 42.2 Å². The molecule has 0 aromatic carbocycles. The Morgan fingerprint density at radius 2 is 1.88 bits per heavy atom. The van der Waals surface area contributed by atoms with Gasteiger partial charge < -0.3 is 18.8 Å². The van der Waals surface area contributed by atoms with E-state index in [1.165, 1.54) is 12.8 Å². The average Bonchev–Trinajstić information content (AvgIpc) is 2.39. The number of hydrogen-bond acceptors (Lipinski definition) is 3. The van der Waals surface area contributed by atoms with Crippen LogP contribution in [0.1, 0.15) is 25.7 Å². The van der Waals surface area contributed by atoms with Gasteiger partial charge in [0.25, 0.3) is 7.82 Å². The van der Waals surface area contributed by atoms with Crippen molar-refractivity contribution in [1.29, 1.82) is 0 Å². The Bertz CT molecular complexity index is 298. The number of quaternary nitrogens is 1. The van der Waals surface area contributed by atoms with E-state index in [-0.39, 0.29) is 12.5 Å². The summed E-state index contributed by atoms with van der Waals surface area (Å²) < 4.78 is 16.1. The van der Waals surface area contributed by atoms with E-state index in [9.17, 15) is 9.46 Å². The summed E-state index contributed by atoms with van der Waals surface area (Å²) in [5, 5.41) is 0. The number of piperidine rings is 1. The number of phosphoric acid groups is 1. The molecule has 16 heavy (non-hydrogen) atoms. The third-order valence-corrected chi connectivity index (χ3v) is 4.87. The zero-order chi connectivity index (χ0) is 12.0. The fourth-order valence-electron chi connectivity index (χ4n) is 3.33. The molecule has 3 unspecified atom stereocenters. The average molecular weight is 249 g/mol. The summed E-state index contributed by atoms with van der Waals surface area (Å²) >= 11 is 0. The molecule has 0 amide bonds. The molecule has 2 aliphatic heterocycles. The van der Waals surface area contributed by atoms with Crippen LogP contribution in [0.4, 0.5) is 0 Å². The zero-order valence-corrected chi connectivity index (χ0v) is 10.7. The molecule has 0 aromatic heterocycles. The highest BCUT2D eigenvalue weighted by Gasteiger charge is 2.48. The minimum Gasteiger partial charge on any atom is -0.756 e. The van der Waals surface area contributed by atoms with E-state index >= 15 is 0 Å². The minimum atomic E-state index is -4.54. The van der Waals surface area contributed by atoms with Gasteiger partial charge in [-0.15, -0.1) is 0 Å². The molecule has 2 rings (SSSR count). The summed E-state index contributed by atoms with van der Waals surface area (Å²) in [6, 6.07) is 1.24. The van der Waals surface area contributed by atoms with Gasteiger partial charge in [-0.1, -0.05) is 0 Å². The smallest absolute Gasteiger partial charge is 0.265 e. The predicted octanol–water partition coefficient (Wildman–Crippen LogP) is 0.481. The summed E-state index contributed by atoms with van der Waals surface area (Å²) in [6.07, 6.45) is 4.46. The number of nitrogens with zero attached hydrogens (tertiary/aromatic N) is 1. The molecule has 2 fully saturated rings. The SMILES string of the molecule is C[N+]1(C)C2CCC1CC(COP(=O)([O-])O)C2. The normalized spacial score (nSPS) is 40.6. The fraction of sp³-hybridized carbons (Fsp3) is 1.00. The monoisotopic (exact) mass is 249 g/mol. The molecule has 0 aromatic rings. The van der Waals surface area contributed by atoms with Gasteiger partial charge in [-0.25, -0.2) is 0 Å². The van der Waals surface area contributed by atoms with Crippen LogP contribution in [0.5, 0.6) is 0 Å². The van der Waals surface area contributed by atoms with Gasteiger partial charge in [0.2, 0.25) is 0 Å². The van der Waals surface area contributed by atoms with Crippen LogP contribution in [0.25, 0.3) is 0 Å². The highest BCUT2D eigenvalue weighted by molar-refractivity contribution is 7.44. The van der Waals surface area contributed by atoms with Crippen molar-refractivity contribution in [3.05, 3.63) is 0 Å². The molecule has 0 saturated carbocycles. The van der Waals surface area contributed by atoms with Crippen LogP contribution in [0.2, 0.25) is 0 Å². The lowest BCUT2D eigenvalue weighted by atomic mass is 9.90. The van der Waals surface area contributed by atoms with Gasteiger partial charge in [-0.05, 0) is 5.92 Å². The molecule has 2 heterocycles. The first-order chi connectivity index (χ1) is 7.29. The Morgan fingerprint density at radius 1 is 1.38 bits per heavy atom. The Labute approximate surface area is 96.2 Å². The van der Waals surface area contributed by atoms with Crippen molar-refractivity contribution in [2.45, 2.75) is 37.8 Å². The van der Waals surface area contributed by atoms with E-state index in [0.29, 0.717) is 12.1 Å². The van der Waals surface area contributed by atoms with Crippen molar-refractivity contribution in [3.63, 3.8) is 0 Å². The third-order valence-electron chi connectivity index (χ3n) is 4.40. The van der Waals surface area contributed by atoms with Crippen LogP contribution in [0.15, 0.2) is 0 Å². The van der Waals surface area contributed by atoms with E-state index in [2.05, 4.69) is 18.6 Å². The maximum Gasteiger partial charge on any atom is 0.265 e. The van der Waals surface area contributed by atoms with Crippen LogP contribution in [0.3, 0.4) is 0 Å². The second-order valence-electron chi connectivity index (χ2n) is 5.62. The summed E-state index contributed by atoms with van der Waals surface area (Å²) in [5.74, 6) is 0.276. The first-order valence-electron chi connectivity index (χ1n) is 5.80. The van der Waals surface area contributed by atoms with Gasteiger partial charge >= 0.3 is 0 Å². The topological polar surface area (TPSA) is 69.6 Å². The van der Waals surface area contributed by atoms with Gasteiger partial charge in [0.05, 0.1) is 32.8 Å². The fourth-order valence-corrected chi connectivity index (χ4v) is 3.73. The van der Waals surface area contributed by atoms with E-state index in [4.69, 9.17) is 4.89 Å². The first kappa shape index (κ1) is 12.5. The van der Waals surface area contributed by atoms with Crippen molar-refractivity contribution >= 4 is 7.82 Å². The Kier molecular flexibility index (Phi) is 3.19. The third kappa shape index (κ3) is 2.49. The Morgan fingerprint density at radius 3 is 2.31 bits per heavy atom. The van der Waals surface area contributed by atoms with Gasteiger partial charge in [0, 0.05) is 25.7 Å². The quantitative estimate of drug-likeness (QED) is 0.583. The first-order valence-corrected chi connectivity index (χ1v) is 7.30. The van der Waals surface area contributed by atoms with Crippen LogP contribution in [-0.2, 0) is 9.09 Å². The van der Waals surface area contributed by atoms with E-state index < -0.39 is 7.82 Å². The molecule has 2 aliphatic rings. The zero-order valence-electron chi connectivity index (χ0n) is 9.83. The van der Waals surface area contributed by atoms with Gasteiger partial charge in [-0.3, -0.25) is 4.57 Å². The molecule has 0 radical (unpaired) electrons. The summed E-state index contributed by atoms with van der Waals surface area (Å²) in [6.45, 7) is 0.143. The second kappa shape index (κ2) is 4.07. The largest absolute Gasteiger partial charge is 0.756 e. The highest BCUT2D eigenvalue weighted by Crippen LogP contribution is 2.43. The Hall–Kier alpha value is 0.0700. The number of fused-ring (bicyclic) bond motifs is 2. The van der Waals surface area contributed by atoms with Crippen molar-refractivity contribution in [1.82, 2.24) is 0 Å². The highest BCUT2D eigenvalue weighted by atomic mass is 31.2. The van der Waals surface area contributed by atoms with Crippen molar-refractivity contribution < 1.29 is 23.4 Å². The number of phosphoric ester groups is 1. The Balaban J connectivity index is 1.91. The molecule has 0 aliphatic carbocycles. The summed E-state index contributed by atoms with van der Waals surface area (Å²) in [7, 11) is -0.0309. The number of hydrogen-bond donors (Lipinski definition) is 1. The molecule has 6 heteroatoms. The van der Waals surface area contributed by atoms with Crippen LogP contribution < -0.4 is 4.89 Å². The molecule has 2 saturated heterocycles. The van der Waals surface area contributed by atoms with E-state index in [0.717, 1.165) is 17.3 Å². The molecule has 5 nitrogen and oxygen atoms in total. The lowest BCUT2D eigenvalue weighted by Gasteiger charge is -2.44. The van der Waals surface area contributed by atoms with Crippen molar-refractivity contribution in [2.24, 2.45) is 5.92 Å². The molecule has 1 N–H and O–H groups in total. The van der Waals surface area contributed by atoms with Gasteiger partial charge in [0.15, 0.2) is 0 Å². The maximum absolute atomic E-state index is 10.5. The van der Waals surface area contributed by atoms with Gasteiger partial charge in [-0.2, -0.15) is 0 Å². The molecular formula is C10H20NO4P. The lowest BCUT2D eigenvalue weighted by molar-refractivity contribution is -0.931. The minimum absolute atomic E-state index is 0.143. The standard InChI is InChI=1S/C10H20NO4P/c1-11(2)9-3-4-10(11)6-8(5-9)7-15-16(12,13)14/h8-10H,3-7H2,1-2H3,(H-,12,13,14). The predicted molar refractivity (Wildman–Crippen MR) is 57.4 cm³/mol. The van der Waals surface area contributed by atoms with E-state index in [1.807, 2.05) is 0 Å². The molecule has 3 atom stereocenters. The van der Waals surface area contributed by atoms with Crippen LogP contribution in [0, 0.1) is 5.92 Å². The summed E-state index contributed by atoms with van der Waals surface area (Å²) in [4.78, 5) is 19.1. The van der Waals surface area contributed by atoms with Crippen LogP contribution >= 0.6 is 7.82 Å². The number of rotatable bonds is 3. The lowest BCUT2D eigenvalue weighted by Crippen LogP contribution is -2.54. The van der Waals surface area contributed by atoms with E-state index in [1.54, 1.807) is 0 Å². The van der Waals surface area contributed by atoms with Crippen molar-refractivity contribution in [2.75, 3.05) is 20.7 Å². The molecule has 94 valence electrons. The van der Waals surface area contributed by atoms with Gasteiger partial charge in [0.1, 0.15) is 0 Å². The summed E-state index contributed by atoms with van der Waals surface area (Å²) in [5.41, 5.74) is 0. The molecular weight excluding hydrogens is 229 g/mol. The second-order valence-corrected chi connectivity index (χ2v) is 6.81. The van der Waals surface area contributed by atoms with Crippen molar-refractivity contribution in [3.8, 4) is 0 Å². The molecule has 2 bridgehead atoms. The maximum atomic E-state index is 10.5.